The number of carbonyl (C=O) groups is 1. The standard InChI is InChI=1S/C14H19BrN2O/c1-14(2)9-4-3-6-10(14)13(18)17-12-8-5-7-11(15)16-12/h5,7-8,10H,3-4,6,9H2,1-2H3,(H,16,17,18). The van der Waals surface area contributed by atoms with Crippen molar-refractivity contribution >= 4 is 27.7 Å². The van der Waals surface area contributed by atoms with E-state index in [4.69, 9.17) is 0 Å². The van der Waals surface area contributed by atoms with Crippen LogP contribution in [0.1, 0.15) is 39.5 Å². The van der Waals surface area contributed by atoms with Crippen molar-refractivity contribution in [1.29, 1.82) is 0 Å². The zero-order valence-electron chi connectivity index (χ0n) is 10.9. The fourth-order valence-corrected chi connectivity index (χ4v) is 3.01. The van der Waals surface area contributed by atoms with Gasteiger partial charge in [0.15, 0.2) is 0 Å². The summed E-state index contributed by atoms with van der Waals surface area (Å²) in [7, 11) is 0. The second-order valence-electron chi connectivity index (χ2n) is 5.62. The van der Waals surface area contributed by atoms with E-state index in [0.29, 0.717) is 5.82 Å². The van der Waals surface area contributed by atoms with Crippen LogP contribution in [0.5, 0.6) is 0 Å². The maximum atomic E-state index is 12.3. The number of nitrogens with zero attached hydrogens (tertiary/aromatic N) is 1. The molecule has 1 aliphatic carbocycles. The molecule has 1 amide bonds. The Morgan fingerprint density at radius 1 is 1.44 bits per heavy atom. The number of hydrogen-bond acceptors (Lipinski definition) is 2. The molecule has 4 heteroatoms. The molecule has 1 unspecified atom stereocenters. The van der Waals surface area contributed by atoms with E-state index in [0.717, 1.165) is 23.9 Å². The van der Waals surface area contributed by atoms with Gasteiger partial charge in [-0.15, -0.1) is 0 Å². The molecule has 0 spiro atoms. The molecule has 1 N–H and O–H groups in total. The van der Waals surface area contributed by atoms with Crippen molar-refractivity contribution in [2.75, 3.05) is 5.32 Å². The van der Waals surface area contributed by atoms with Crippen LogP contribution < -0.4 is 5.32 Å². The summed E-state index contributed by atoms with van der Waals surface area (Å²) in [4.78, 5) is 16.6. The van der Waals surface area contributed by atoms with Crippen molar-refractivity contribution in [3.63, 3.8) is 0 Å². The minimum atomic E-state index is 0.0898. The van der Waals surface area contributed by atoms with E-state index >= 15 is 0 Å². The second kappa shape index (κ2) is 5.39. The topological polar surface area (TPSA) is 42.0 Å². The number of rotatable bonds is 2. The van der Waals surface area contributed by atoms with E-state index in [1.807, 2.05) is 18.2 Å². The zero-order chi connectivity index (χ0) is 13.2. The molecule has 2 rings (SSSR count). The molecule has 98 valence electrons. The minimum Gasteiger partial charge on any atom is -0.310 e. The van der Waals surface area contributed by atoms with Gasteiger partial charge >= 0.3 is 0 Å². The zero-order valence-corrected chi connectivity index (χ0v) is 12.5. The molecule has 1 heterocycles. The molecule has 1 aliphatic rings. The maximum absolute atomic E-state index is 12.3. The molecule has 1 aromatic rings. The van der Waals surface area contributed by atoms with Gasteiger partial charge in [0.2, 0.25) is 5.91 Å². The van der Waals surface area contributed by atoms with Gasteiger partial charge in [-0.25, -0.2) is 4.98 Å². The molecule has 1 fully saturated rings. The lowest BCUT2D eigenvalue weighted by atomic mass is 9.68. The Morgan fingerprint density at radius 2 is 2.22 bits per heavy atom. The molecule has 18 heavy (non-hydrogen) atoms. The molecule has 1 aromatic heterocycles. The van der Waals surface area contributed by atoms with Crippen molar-refractivity contribution in [2.24, 2.45) is 11.3 Å². The van der Waals surface area contributed by atoms with Crippen molar-refractivity contribution in [2.45, 2.75) is 39.5 Å². The first-order valence-corrected chi connectivity index (χ1v) is 7.22. The van der Waals surface area contributed by atoms with Crippen LogP contribution >= 0.6 is 15.9 Å². The highest BCUT2D eigenvalue weighted by atomic mass is 79.9. The molecule has 1 atom stereocenters. The Labute approximate surface area is 117 Å². The fourth-order valence-electron chi connectivity index (χ4n) is 2.67. The van der Waals surface area contributed by atoms with Crippen LogP contribution in [-0.4, -0.2) is 10.9 Å². The van der Waals surface area contributed by atoms with Crippen molar-refractivity contribution in [3.05, 3.63) is 22.8 Å². The predicted molar refractivity (Wildman–Crippen MR) is 76.3 cm³/mol. The van der Waals surface area contributed by atoms with Crippen LogP contribution in [0.3, 0.4) is 0 Å². The van der Waals surface area contributed by atoms with Gasteiger partial charge in [0.05, 0.1) is 0 Å². The molecule has 0 aliphatic heterocycles. The Bertz CT molecular complexity index is 445. The highest BCUT2D eigenvalue weighted by molar-refractivity contribution is 9.10. The van der Waals surface area contributed by atoms with Gasteiger partial charge in [-0.1, -0.05) is 32.8 Å². The van der Waals surface area contributed by atoms with Crippen LogP contribution in [0.25, 0.3) is 0 Å². The maximum Gasteiger partial charge on any atom is 0.229 e. The summed E-state index contributed by atoms with van der Waals surface area (Å²) >= 11 is 3.31. The second-order valence-corrected chi connectivity index (χ2v) is 6.43. The van der Waals surface area contributed by atoms with E-state index in [1.54, 1.807) is 0 Å². The summed E-state index contributed by atoms with van der Waals surface area (Å²) in [5.41, 5.74) is 0.0916. The first-order valence-electron chi connectivity index (χ1n) is 6.42. The van der Waals surface area contributed by atoms with Crippen LogP contribution in [0.15, 0.2) is 22.8 Å². The normalized spacial score (nSPS) is 22.5. The Hall–Kier alpha value is -0.900. The third-order valence-electron chi connectivity index (χ3n) is 3.79. The fraction of sp³-hybridized carbons (Fsp3) is 0.571. The number of amides is 1. The van der Waals surface area contributed by atoms with E-state index in [-0.39, 0.29) is 17.2 Å². The predicted octanol–water partition coefficient (Wildman–Crippen LogP) is 4.00. The largest absolute Gasteiger partial charge is 0.310 e. The number of halogens is 1. The van der Waals surface area contributed by atoms with Gasteiger partial charge in [0.1, 0.15) is 10.4 Å². The number of hydrogen-bond donors (Lipinski definition) is 1. The third-order valence-corrected chi connectivity index (χ3v) is 4.23. The van der Waals surface area contributed by atoms with Crippen LogP contribution in [0.2, 0.25) is 0 Å². The Balaban J connectivity index is 2.07. The monoisotopic (exact) mass is 310 g/mol. The summed E-state index contributed by atoms with van der Waals surface area (Å²) in [6.07, 6.45) is 4.48. The lowest BCUT2D eigenvalue weighted by molar-refractivity contribution is -0.124. The molecule has 0 saturated heterocycles. The number of aromatic nitrogens is 1. The van der Waals surface area contributed by atoms with Gasteiger partial charge < -0.3 is 5.32 Å². The van der Waals surface area contributed by atoms with Crippen molar-refractivity contribution < 1.29 is 4.79 Å². The first-order chi connectivity index (χ1) is 8.49. The Kier molecular flexibility index (Phi) is 4.05. The van der Waals surface area contributed by atoms with Crippen LogP contribution in [0.4, 0.5) is 5.82 Å². The van der Waals surface area contributed by atoms with Gasteiger partial charge in [-0.05, 0) is 46.3 Å². The molecule has 0 radical (unpaired) electrons. The van der Waals surface area contributed by atoms with Crippen LogP contribution in [0, 0.1) is 11.3 Å². The van der Waals surface area contributed by atoms with E-state index in [1.165, 1.54) is 6.42 Å². The molecule has 1 saturated carbocycles. The first kappa shape index (κ1) is 13.5. The van der Waals surface area contributed by atoms with E-state index in [9.17, 15) is 4.79 Å². The molecular formula is C14H19BrN2O. The quantitative estimate of drug-likeness (QED) is 0.839. The van der Waals surface area contributed by atoms with Crippen molar-refractivity contribution in [3.8, 4) is 0 Å². The highest BCUT2D eigenvalue weighted by Gasteiger charge is 2.37. The number of anilines is 1. The molecular weight excluding hydrogens is 292 g/mol. The molecule has 0 bridgehead atoms. The number of nitrogens with one attached hydrogen (secondary N) is 1. The van der Waals surface area contributed by atoms with Crippen LogP contribution in [-0.2, 0) is 4.79 Å². The SMILES string of the molecule is CC1(C)CCCCC1C(=O)Nc1cccc(Br)n1. The van der Waals surface area contributed by atoms with Gasteiger partial charge in [0.25, 0.3) is 0 Å². The minimum absolute atomic E-state index is 0.0898. The highest BCUT2D eigenvalue weighted by Crippen LogP contribution is 2.40. The van der Waals surface area contributed by atoms with Gasteiger partial charge in [-0.3, -0.25) is 4.79 Å². The van der Waals surface area contributed by atoms with E-state index in [2.05, 4.69) is 40.1 Å². The number of carbonyl (C=O) groups excluding carboxylic acids is 1. The lowest BCUT2D eigenvalue weighted by Crippen LogP contribution is -2.37. The van der Waals surface area contributed by atoms with Crippen molar-refractivity contribution in [1.82, 2.24) is 4.98 Å². The lowest BCUT2D eigenvalue weighted by Gasteiger charge is -2.37. The molecule has 3 nitrogen and oxygen atoms in total. The average molecular weight is 311 g/mol. The van der Waals surface area contributed by atoms with Gasteiger partial charge in [0, 0.05) is 5.92 Å². The Morgan fingerprint density at radius 3 is 2.89 bits per heavy atom. The van der Waals surface area contributed by atoms with Gasteiger partial charge in [-0.2, -0.15) is 0 Å². The third kappa shape index (κ3) is 3.10. The summed E-state index contributed by atoms with van der Waals surface area (Å²) < 4.78 is 0.739. The summed E-state index contributed by atoms with van der Waals surface area (Å²) in [6.45, 7) is 4.37. The number of pyridine rings is 1. The summed E-state index contributed by atoms with van der Waals surface area (Å²) in [5, 5.41) is 2.93. The summed E-state index contributed by atoms with van der Waals surface area (Å²) in [6, 6.07) is 5.54. The van der Waals surface area contributed by atoms with E-state index < -0.39 is 0 Å². The average Bonchev–Trinajstić information content (AvgIpc) is 2.28. The smallest absolute Gasteiger partial charge is 0.229 e. The summed E-state index contributed by atoms with van der Waals surface area (Å²) in [5.74, 6) is 0.813. The molecule has 0 aromatic carbocycles.